The Balaban J connectivity index is 1.80. The van der Waals surface area contributed by atoms with Gasteiger partial charge in [-0.3, -0.25) is 0 Å². The third-order valence-electron chi connectivity index (χ3n) is 3.57. The molecular formula is C18H19NS. The molecule has 0 saturated carbocycles. The molecule has 3 rings (SSSR count). The Bertz CT molecular complexity index is 699. The molecule has 1 nitrogen and oxygen atoms in total. The molecule has 0 aliphatic rings. The van der Waals surface area contributed by atoms with Crippen LogP contribution in [-0.2, 0) is 13.0 Å². The van der Waals surface area contributed by atoms with Gasteiger partial charge in [-0.15, -0.1) is 11.3 Å². The lowest BCUT2D eigenvalue weighted by atomic mass is 10.1. The Hall–Kier alpha value is -1.80. The van der Waals surface area contributed by atoms with Gasteiger partial charge in [0.1, 0.15) is 0 Å². The minimum atomic E-state index is 0.894. The molecule has 1 heterocycles. The van der Waals surface area contributed by atoms with Crippen LogP contribution in [0.15, 0.2) is 53.9 Å². The SMILES string of the molecule is CCCc1ccccc1NCc1csc2ccccc12. The highest BCUT2D eigenvalue weighted by Crippen LogP contribution is 2.27. The normalized spacial score (nSPS) is 10.8. The summed E-state index contributed by atoms with van der Waals surface area (Å²) in [6.45, 7) is 3.12. The van der Waals surface area contributed by atoms with E-state index in [1.165, 1.54) is 33.3 Å². The first kappa shape index (κ1) is 13.2. The number of hydrogen-bond donors (Lipinski definition) is 1. The number of anilines is 1. The number of rotatable bonds is 5. The zero-order valence-electron chi connectivity index (χ0n) is 11.7. The Morgan fingerprint density at radius 2 is 1.75 bits per heavy atom. The number of fused-ring (bicyclic) bond motifs is 1. The van der Waals surface area contributed by atoms with Crippen molar-refractivity contribution in [1.29, 1.82) is 0 Å². The third kappa shape index (κ3) is 2.70. The van der Waals surface area contributed by atoms with Crippen LogP contribution in [0.2, 0.25) is 0 Å². The van der Waals surface area contributed by atoms with Gasteiger partial charge in [0.2, 0.25) is 0 Å². The summed E-state index contributed by atoms with van der Waals surface area (Å²) in [6.07, 6.45) is 2.31. The van der Waals surface area contributed by atoms with Crippen LogP contribution in [0.3, 0.4) is 0 Å². The molecule has 0 amide bonds. The average Bonchev–Trinajstić information content (AvgIpc) is 2.90. The van der Waals surface area contributed by atoms with E-state index in [9.17, 15) is 0 Å². The van der Waals surface area contributed by atoms with Gasteiger partial charge in [0, 0.05) is 16.9 Å². The molecule has 2 heteroatoms. The van der Waals surface area contributed by atoms with Crippen molar-refractivity contribution < 1.29 is 0 Å². The minimum absolute atomic E-state index is 0.894. The van der Waals surface area contributed by atoms with E-state index in [0.717, 1.165) is 13.0 Å². The molecule has 0 spiro atoms. The molecule has 0 unspecified atom stereocenters. The summed E-state index contributed by atoms with van der Waals surface area (Å²) in [6, 6.07) is 17.2. The summed E-state index contributed by atoms with van der Waals surface area (Å²) in [5.41, 5.74) is 4.07. The summed E-state index contributed by atoms with van der Waals surface area (Å²) in [4.78, 5) is 0. The predicted molar refractivity (Wildman–Crippen MR) is 89.6 cm³/mol. The lowest BCUT2D eigenvalue weighted by molar-refractivity contribution is 0.920. The molecule has 1 aromatic heterocycles. The van der Waals surface area contributed by atoms with Crippen LogP contribution in [0, 0.1) is 0 Å². The number of aryl methyl sites for hydroxylation is 1. The topological polar surface area (TPSA) is 12.0 Å². The van der Waals surface area contributed by atoms with Crippen LogP contribution in [0.25, 0.3) is 10.1 Å². The number of benzene rings is 2. The molecule has 3 aromatic rings. The van der Waals surface area contributed by atoms with Crippen LogP contribution >= 0.6 is 11.3 Å². The third-order valence-corrected chi connectivity index (χ3v) is 4.58. The predicted octanol–water partition coefficient (Wildman–Crippen LogP) is 5.47. The lowest BCUT2D eigenvalue weighted by Crippen LogP contribution is -2.01. The van der Waals surface area contributed by atoms with Crippen molar-refractivity contribution in [1.82, 2.24) is 0 Å². The molecule has 20 heavy (non-hydrogen) atoms. The van der Waals surface area contributed by atoms with Gasteiger partial charge in [0.15, 0.2) is 0 Å². The van der Waals surface area contributed by atoms with Crippen molar-refractivity contribution in [2.45, 2.75) is 26.3 Å². The summed E-state index contributed by atoms with van der Waals surface area (Å²) in [5, 5.41) is 7.24. The van der Waals surface area contributed by atoms with Crippen LogP contribution < -0.4 is 5.32 Å². The lowest BCUT2D eigenvalue weighted by Gasteiger charge is -2.11. The van der Waals surface area contributed by atoms with E-state index >= 15 is 0 Å². The summed E-state index contributed by atoms with van der Waals surface area (Å²) < 4.78 is 1.37. The van der Waals surface area contributed by atoms with Crippen LogP contribution in [0.4, 0.5) is 5.69 Å². The highest BCUT2D eigenvalue weighted by molar-refractivity contribution is 7.17. The van der Waals surface area contributed by atoms with E-state index in [-0.39, 0.29) is 0 Å². The van der Waals surface area contributed by atoms with Gasteiger partial charge in [-0.25, -0.2) is 0 Å². The molecule has 0 atom stereocenters. The summed E-state index contributed by atoms with van der Waals surface area (Å²) in [7, 11) is 0. The summed E-state index contributed by atoms with van der Waals surface area (Å²) in [5.74, 6) is 0. The fourth-order valence-electron chi connectivity index (χ4n) is 2.54. The first-order valence-corrected chi connectivity index (χ1v) is 8.03. The molecule has 102 valence electrons. The van der Waals surface area contributed by atoms with Crippen molar-refractivity contribution in [2.75, 3.05) is 5.32 Å². The standard InChI is InChI=1S/C18H19NS/c1-2-7-14-8-3-5-10-17(14)19-12-15-13-20-18-11-6-4-9-16(15)18/h3-6,8-11,13,19H,2,7,12H2,1H3. The molecule has 0 aliphatic heterocycles. The fraction of sp³-hybridized carbons (Fsp3) is 0.222. The highest BCUT2D eigenvalue weighted by Gasteiger charge is 2.04. The van der Waals surface area contributed by atoms with Crippen molar-refractivity contribution in [2.24, 2.45) is 0 Å². The Kier molecular flexibility index (Phi) is 4.03. The second-order valence-electron chi connectivity index (χ2n) is 5.02. The van der Waals surface area contributed by atoms with Gasteiger partial charge >= 0.3 is 0 Å². The number of nitrogens with one attached hydrogen (secondary N) is 1. The van der Waals surface area contributed by atoms with Crippen molar-refractivity contribution >= 4 is 27.1 Å². The molecule has 0 aliphatic carbocycles. The van der Waals surface area contributed by atoms with E-state index in [0.29, 0.717) is 0 Å². The van der Waals surface area contributed by atoms with Crippen molar-refractivity contribution in [3.63, 3.8) is 0 Å². The smallest absolute Gasteiger partial charge is 0.0415 e. The molecular weight excluding hydrogens is 262 g/mol. The second-order valence-corrected chi connectivity index (χ2v) is 5.93. The van der Waals surface area contributed by atoms with Crippen molar-refractivity contribution in [3.05, 3.63) is 65.0 Å². The van der Waals surface area contributed by atoms with Gasteiger partial charge in [0.25, 0.3) is 0 Å². The van der Waals surface area contributed by atoms with E-state index in [2.05, 4.69) is 66.2 Å². The number of para-hydroxylation sites is 1. The Labute approximate surface area is 124 Å². The number of hydrogen-bond acceptors (Lipinski definition) is 2. The first-order valence-electron chi connectivity index (χ1n) is 7.15. The monoisotopic (exact) mass is 281 g/mol. The fourth-order valence-corrected chi connectivity index (χ4v) is 3.50. The highest BCUT2D eigenvalue weighted by atomic mass is 32.1. The van der Waals surface area contributed by atoms with Gasteiger partial charge in [-0.2, -0.15) is 0 Å². The van der Waals surface area contributed by atoms with Crippen LogP contribution in [-0.4, -0.2) is 0 Å². The molecule has 1 N–H and O–H groups in total. The summed E-state index contributed by atoms with van der Waals surface area (Å²) >= 11 is 1.82. The maximum atomic E-state index is 3.60. The zero-order valence-corrected chi connectivity index (χ0v) is 12.5. The Morgan fingerprint density at radius 3 is 2.65 bits per heavy atom. The van der Waals surface area contributed by atoms with E-state index in [1.807, 2.05) is 11.3 Å². The maximum Gasteiger partial charge on any atom is 0.0415 e. The second kappa shape index (κ2) is 6.10. The van der Waals surface area contributed by atoms with Crippen LogP contribution in [0.5, 0.6) is 0 Å². The Morgan fingerprint density at radius 1 is 0.950 bits per heavy atom. The average molecular weight is 281 g/mol. The van der Waals surface area contributed by atoms with Gasteiger partial charge in [-0.1, -0.05) is 49.7 Å². The molecule has 0 bridgehead atoms. The van der Waals surface area contributed by atoms with Gasteiger partial charge in [-0.05, 0) is 40.4 Å². The van der Waals surface area contributed by atoms with Crippen molar-refractivity contribution in [3.8, 4) is 0 Å². The minimum Gasteiger partial charge on any atom is -0.381 e. The first-order chi connectivity index (χ1) is 9.88. The molecule has 0 radical (unpaired) electrons. The van der Waals surface area contributed by atoms with Gasteiger partial charge in [0.05, 0.1) is 0 Å². The molecule has 2 aromatic carbocycles. The molecule has 0 fully saturated rings. The van der Waals surface area contributed by atoms with E-state index in [4.69, 9.17) is 0 Å². The van der Waals surface area contributed by atoms with E-state index < -0.39 is 0 Å². The largest absolute Gasteiger partial charge is 0.381 e. The molecule has 0 saturated heterocycles. The zero-order chi connectivity index (χ0) is 13.8. The quantitative estimate of drug-likeness (QED) is 0.654. The van der Waals surface area contributed by atoms with E-state index in [1.54, 1.807) is 0 Å². The van der Waals surface area contributed by atoms with Gasteiger partial charge < -0.3 is 5.32 Å². The van der Waals surface area contributed by atoms with Crippen LogP contribution in [0.1, 0.15) is 24.5 Å². The number of thiophene rings is 1. The maximum absolute atomic E-state index is 3.60.